The summed E-state index contributed by atoms with van der Waals surface area (Å²) in [6, 6.07) is 11.8. The molecule has 0 amide bonds. The first-order valence-electron chi connectivity index (χ1n) is 6.36. The van der Waals surface area contributed by atoms with E-state index < -0.39 is 0 Å². The summed E-state index contributed by atoms with van der Waals surface area (Å²) < 4.78 is 14.5. The van der Waals surface area contributed by atoms with Crippen LogP contribution in [-0.4, -0.2) is 0 Å². The quantitative estimate of drug-likeness (QED) is 0.676. The summed E-state index contributed by atoms with van der Waals surface area (Å²) in [5, 5.41) is 0. The van der Waals surface area contributed by atoms with Gasteiger partial charge >= 0.3 is 0 Å². The molecule has 0 aliphatic carbocycles. The summed E-state index contributed by atoms with van der Waals surface area (Å²) in [7, 11) is 0. The maximum Gasteiger partial charge on any atom is 0.134 e. The van der Waals surface area contributed by atoms with Crippen LogP contribution in [0.1, 0.15) is 36.5 Å². The average Bonchev–Trinajstić information content (AvgIpc) is 2.30. The van der Waals surface area contributed by atoms with Gasteiger partial charge in [0.2, 0.25) is 0 Å². The van der Waals surface area contributed by atoms with Crippen LogP contribution in [0.15, 0.2) is 36.4 Å². The van der Waals surface area contributed by atoms with Gasteiger partial charge in [0, 0.05) is 5.56 Å². The predicted molar refractivity (Wildman–Crippen MR) is 75.4 cm³/mol. The Morgan fingerprint density at radius 2 is 1.67 bits per heavy atom. The molecule has 0 heterocycles. The topological polar surface area (TPSA) is 0 Å². The molecular formula is C17H19F. The molecule has 0 aliphatic rings. The van der Waals surface area contributed by atoms with Crippen molar-refractivity contribution in [2.75, 3.05) is 0 Å². The zero-order valence-electron chi connectivity index (χ0n) is 11.4. The summed E-state index contributed by atoms with van der Waals surface area (Å²) in [6.07, 6.45) is 0. The van der Waals surface area contributed by atoms with Crippen molar-refractivity contribution >= 4 is 0 Å². The summed E-state index contributed by atoms with van der Waals surface area (Å²) in [4.78, 5) is 0. The van der Waals surface area contributed by atoms with Crippen LogP contribution in [0.5, 0.6) is 0 Å². The molecule has 0 atom stereocenters. The minimum absolute atomic E-state index is 0.0838. The molecule has 0 saturated carbocycles. The Morgan fingerprint density at radius 1 is 0.944 bits per heavy atom. The Morgan fingerprint density at radius 3 is 2.28 bits per heavy atom. The van der Waals surface area contributed by atoms with Crippen LogP contribution < -0.4 is 0 Å². The summed E-state index contributed by atoms with van der Waals surface area (Å²) in [5.41, 5.74) is 4.80. The summed E-state index contributed by atoms with van der Waals surface area (Å²) in [5.74, 6) is 0.121. The third-order valence-electron chi connectivity index (χ3n) is 3.32. The summed E-state index contributed by atoms with van der Waals surface area (Å²) >= 11 is 0. The van der Waals surface area contributed by atoms with E-state index in [1.807, 2.05) is 51.1 Å². The second-order valence-corrected chi connectivity index (χ2v) is 5.18. The van der Waals surface area contributed by atoms with Gasteiger partial charge in [0.1, 0.15) is 5.82 Å². The van der Waals surface area contributed by atoms with E-state index in [0.29, 0.717) is 5.56 Å². The third-order valence-corrected chi connectivity index (χ3v) is 3.32. The molecular weight excluding hydrogens is 223 g/mol. The first-order chi connectivity index (χ1) is 8.50. The Labute approximate surface area is 108 Å². The van der Waals surface area contributed by atoms with Crippen molar-refractivity contribution < 1.29 is 4.39 Å². The lowest BCUT2D eigenvalue weighted by Crippen LogP contribution is -1.96. The first kappa shape index (κ1) is 12.8. The Bertz CT molecular complexity index is 568. The highest BCUT2D eigenvalue weighted by Gasteiger charge is 2.13. The van der Waals surface area contributed by atoms with Gasteiger partial charge in [0.05, 0.1) is 0 Å². The van der Waals surface area contributed by atoms with Crippen molar-refractivity contribution in [3.8, 4) is 11.1 Å². The van der Waals surface area contributed by atoms with Gasteiger partial charge in [-0.1, -0.05) is 55.8 Å². The molecule has 2 aromatic rings. The minimum atomic E-state index is -0.0838. The molecule has 0 bridgehead atoms. The first-order valence-corrected chi connectivity index (χ1v) is 6.36. The van der Waals surface area contributed by atoms with E-state index in [1.54, 1.807) is 0 Å². The second kappa shape index (κ2) is 4.93. The van der Waals surface area contributed by atoms with Crippen LogP contribution in [0.2, 0.25) is 0 Å². The molecule has 0 N–H and O–H groups in total. The van der Waals surface area contributed by atoms with Crippen LogP contribution in [-0.2, 0) is 0 Å². The highest BCUT2D eigenvalue weighted by Crippen LogP contribution is 2.30. The lowest BCUT2D eigenvalue weighted by Gasteiger charge is -2.13. The molecule has 0 aromatic heterocycles. The van der Waals surface area contributed by atoms with Crippen LogP contribution in [0.3, 0.4) is 0 Å². The van der Waals surface area contributed by atoms with E-state index >= 15 is 0 Å². The largest absolute Gasteiger partial charge is 0.206 e. The van der Waals surface area contributed by atoms with Crippen LogP contribution in [0.4, 0.5) is 4.39 Å². The minimum Gasteiger partial charge on any atom is -0.206 e. The molecule has 0 saturated heterocycles. The Balaban J connectivity index is 2.61. The molecule has 2 rings (SSSR count). The molecule has 0 fully saturated rings. The number of halogens is 1. The number of rotatable bonds is 2. The van der Waals surface area contributed by atoms with Crippen molar-refractivity contribution in [1.82, 2.24) is 0 Å². The van der Waals surface area contributed by atoms with E-state index in [1.165, 1.54) is 5.56 Å². The van der Waals surface area contributed by atoms with Gasteiger partial charge in [0.15, 0.2) is 0 Å². The van der Waals surface area contributed by atoms with Gasteiger partial charge in [0.25, 0.3) is 0 Å². The molecule has 0 unspecified atom stereocenters. The van der Waals surface area contributed by atoms with E-state index in [9.17, 15) is 4.39 Å². The van der Waals surface area contributed by atoms with Gasteiger partial charge in [-0.3, -0.25) is 0 Å². The maximum atomic E-state index is 14.5. The molecule has 2 aromatic carbocycles. The smallest absolute Gasteiger partial charge is 0.134 e. The van der Waals surface area contributed by atoms with Crippen molar-refractivity contribution in [3.63, 3.8) is 0 Å². The second-order valence-electron chi connectivity index (χ2n) is 5.18. The van der Waals surface area contributed by atoms with Gasteiger partial charge in [-0.25, -0.2) is 4.39 Å². The molecule has 0 spiro atoms. The van der Waals surface area contributed by atoms with E-state index in [2.05, 4.69) is 13.0 Å². The predicted octanol–water partition coefficient (Wildman–Crippen LogP) is 5.23. The van der Waals surface area contributed by atoms with Crippen molar-refractivity contribution in [3.05, 3.63) is 58.9 Å². The monoisotopic (exact) mass is 242 g/mol. The fraction of sp³-hybridized carbons (Fsp3) is 0.294. The van der Waals surface area contributed by atoms with E-state index in [0.717, 1.165) is 16.7 Å². The van der Waals surface area contributed by atoms with Crippen molar-refractivity contribution in [2.45, 2.75) is 33.6 Å². The average molecular weight is 242 g/mol. The molecule has 0 nitrogen and oxygen atoms in total. The van der Waals surface area contributed by atoms with Crippen LogP contribution >= 0.6 is 0 Å². The third kappa shape index (κ3) is 2.31. The zero-order chi connectivity index (χ0) is 13.3. The molecule has 0 radical (unpaired) electrons. The van der Waals surface area contributed by atoms with Gasteiger partial charge in [-0.2, -0.15) is 0 Å². The molecule has 94 valence electrons. The van der Waals surface area contributed by atoms with E-state index in [-0.39, 0.29) is 11.7 Å². The van der Waals surface area contributed by atoms with E-state index in [4.69, 9.17) is 0 Å². The normalized spacial score (nSPS) is 11.0. The number of benzene rings is 2. The Hall–Kier alpha value is -1.63. The van der Waals surface area contributed by atoms with Gasteiger partial charge in [-0.15, -0.1) is 0 Å². The molecule has 0 aliphatic heterocycles. The fourth-order valence-corrected chi connectivity index (χ4v) is 2.32. The molecule has 1 heteroatoms. The zero-order valence-corrected chi connectivity index (χ0v) is 11.4. The number of hydrogen-bond acceptors (Lipinski definition) is 0. The standard InChI is InChI=1S/C17H19F/c1-11(2)14-6-5-7-16(17(14)18)15-9-8-12(3)10-13(15)4/h5-11H,1-4H3. The fourth-order valence-electron chi connectivity index (χ4n) is 2.32. The summed E-state index contributed by atoms with van der Waals surface area (Å²) in [6.45, 7) is 8.12. The Kier molecular flexibility index (Phi) is 3.51. The number of hydrogen-bond donors (Lipinski definition) is 0. The highest BCUT2D eigenvalue weighted by molar-refractivity contribution is 5.69. The number of aryl methyl sites for hydroxylation is 2. The maximum absolute atomic E-state index is 14.5. The SMILES string of the molecule is Cc1ccc(-c2cccc(C(C)C)c2F)c(C)c1. The van der Waals surface area contributed by atoms with Crippen LogP contribution in [0, 0.1) is 19.7 Å². The highest BCUT2D eigenvalue weighted by atomic mass is 19.1. The lowest BCUT2D eigenvalue weighted by atomic mass is 9.93. The van der Waals surface area contributed by atoms with Gasteiger partial charge < -0.3 is 0 Å². The van der Waals surface area contributed by atoms with Crippen molar-refractivity contribution in [2.24, 2.45) is 0 Å². The lowest BCUT2D eigenvalue weighted by molar-refractivity contribution is 0.601. The van der Waals surface area contributed by atoms with Gasteiger partial charge in [-0.05, 0) is 36.5 Å². The van der Waals surface area contributed by atoms with Crippen molar-refractivity contribution in [1.29, 1.82) is 0 Å². The molecule has 18 heavy (non-hydrogen) atoms. The van der Waals surface area contributed by atoms with Crippen LogP contribution in [0.25, 0.3) is 11.1 Å².